The Hall–Kier alpha value is 0.320. The van der Waals surface area contributed by atoms with Crippen LogP contribution in [-0.4, -0.2) is 17.9 Å². The summed E-state index contributed by atoms with van der Waals surface area (Å²) in [7, 11) is -3.12. The Bertz CT molecular complexity index is 215. The number of rotatable bonds is 0. The lowest BCUT2D eigenvalue weighted by Gasteiger charge is -1.77. The van der Waals surface area contributed by atoms with Crippen molar-refractivity contribution in [3.63, 3.8) is 0 Å². The fourth-order valence-corrected chi connectivity index (χ4v) is 3.16. The molecule has 0 bridgehead atoms. The second-order valence-electron chi connectivity index (χ2n) is 1.22. The van der Waals surface area contributed by atoms with Crippen LogP contribution in [0.2, 0.25) is 0 Å². The van der Waals surface area contributed by atoms with Gasteiger partial charge in [-0.1, -0.05) is 11.8 Å². The maximum atomic E-state index is 10.4. The highest BCUT2D eigenvalue weighted by molar-refractivity contribution is 8.38. The van der Waals surface area contributed by atoms with Crippen LogP contribution < -0.4 is 0 Å². The Morgan fingerprint density at radius 3 is 2.50 bits per heavy atom. The highest BCUT2D eigenvalue weighted by Crippen LogP contribution is 2.20. The second kappa shape index (κ2) is 1.93. The van der Waals surface area contributed by atoms with E-state index in [0.29, 0.717) is 4.38 Å². The molecule has 0 fully saturated rings. The van der Waals surface area contributed by atoms with Gasteiger partial charge < -0.3 is 0 Å². The molecule has 0 aromatic carbocycles. The van der Waals surface area contributed by atoms with E-state index in [1.807, 2.05) is 0 Å². The number of hydrogen-bond acceptors (Lipinski definition) is 3. The van der Waals surface area contributed by atoms with Gasteiger partial charge >= 0.3 is 0 Å². The molecule has 1 aliphatic heterocycles. The molecule has 1 rings (SSSR count). The van der Waals surface area contributed by atoms with Crippen LogP contribution in [0.4, 0.5) is 0 Å². The summed E-state index contributed by atoms with van der Waals surface area (Å²) in [6.07, 6.45) is 0. The molecule has 0 aromatic rings. The number of nitrogens with zero attached hydrogens (tertiary/aromatic N) is 1. The van der Waals surface area contributed by atoms with Crippen molar-refractivity contribution in [1.82, 2.24) is 0 Å². The quantitative estimate of drug-likeness (QED) is 0.531. The van der Waals surface area contributed by atoms with Crippen LogP contribution in [0.5, 0.6) is 0 Å². The summed E-state index contributed by atoms with van der Waals surface area (Å²) < 4.78 is 24.3. The summed E-state index contributed by atoms with van der Waals surface area (Å²) in [6.45, 7) is 0. The second-order valence-corrected chi connectivity index (χ2v) is 4.91. The van der Waals surface area contributed by atoms with Crippen molar-refractivity contribution in [2.75, 3.05) is 5.08 Å². The fourth-order valence-electron chi connectivity index (χ4n) is 0.299. The molecule has 0 saturated heterocycles. The van der Waals surface area contributed by atoms with Crippen molar-refractivity contribution in [2.45, 2.75) is 0 Å². The zero-order valence-electron chi connectivity index (χ0n) is 3.73. The van der Waals surface area contributed by atoms with Crippen LogP contribution >= 0.6 is 24.4 Å². The summed E-state index contributed by atoms with van der Waals surface area (Å²) in [6, 6.07) is 0. The van der Waals surface area contributed by atoms with Gasteiger partial charge in [0.1, 0.15) is 9.46 Å². The van der Waals surface area contributed by atoms with E-state index in [-0.39, 0.29) is 5.08 Å². The molecule has 0 radical (unpaired) electrons. The molecule has 1 heterocycles. The maximum absolute atomic E-state index is 10.4. The van der Waals surface area contributed by atoms with Gasteiger partial charge in [-0.2, -0.15) is 0 Å². The molecule has 1 aliphatic rings. The Morgan fingerprint density at radius 1 is 1.75 bits per heavy atom. The Labute approximate surface area is 57.0 Å². The minimum Gasteiger partial charge on any atom is -0.204 e. The van der Waals surface area contributed by atoms with Crippen molar-refractivity contribution in [1.29, 1.82) is 0 Å². The average Bonchev–Trinajstić information content (AvgIpc) is 1.82. The first-order valence-corrected chi connectivity index (χ1v) is 4.79. The normalized spacial score (nSPS) is 25.4. The van der Waals surface area contributed by atoms with Crippen LogP contribution in [-0.2, 0) is 10.0 Å². The van der Waals surface area contributed by atoms with E-state index in [2.05, 4.69) is 17.0 Å². The monoisotopic (exact) mass is 169 g/mol. The largest absolute Gasteiger partial charge is 0.264 e. The van der Waals surface area contributed by atoms with Crippen LogP contribution in [0.15, 0.2) is 4.40 Å². The topological polar surface area (TPSA) is 46.5 Å². The smallest absolute Gasteiger partial charge is 0.204 e. The van der Waals surface area contributed by atoms with Crippen molar-refractivity contribution in [2.24, 2.45) is 4.40 Å². The highest BCUT2D eigenvalue weighted by atomic mass is 32.3. The molecular weight excluding hydrogens is 166 g/mol. The zero-order chi connectivity index (χ0) is 6.20. The summed E-state index contributed by atoms with van der Waals surface area (Å²) >= 11 is 4.87. The Morgan fingerprint density at radius 2 is 2.38 bits per heavy atom. The van der Waals surface area contributed by atoms with Crippen LogP contribution in [0.1, 0.15) is 0 Å². The predicted molar refractivity (Wildman–Crippen MR) is 37.8 cm³/mol. The van der Waals surface area contributed by atoms with E-state index in [1.165, 1.54) is 0 Å². The first-order valence-electron chi connectivity index (χ1n) is 1.74. The summed E-state index contributed by atoms with van der Waals surface area (Å²) in [5.74, 6) is 0. The van der Waals surface area contributed by atoms with Gasteiger partial charge in [0, 0.05) is 0 Å². The van der Waals surface area contributed by atoms with Crippen LogP contribution in [0, 0.1) is 0 Å². The molecule has 0 unspecified atom stereocenters. The minimum atomic E-state index is -3.12. The first-order chi connectivity index (χ1) is 3.60. The van der Waals surface area contributed by atoms with Crippen LogP contribution in [0.25, 0.3) is 0 Å². The van der Waals surface area contributed by atoms with E-state index in [4.69, 9.17) is 0 Å². The van der Waals surface area contributed by atoms with E-state index >= 15 is 0 Å². The molecule has 0 aromatic heterocycles. The summed E-state index contributed by atoms with van der Waals surface area (Å²) in [4.78, 5) is 0. The zero-order valence-corrected chi connectivity index (χ0v) is 6.26. The molecule has 6 heteroatoms. The average molecular weight is 169 g/mol. The SMILES string of the molecule is O=S1(=O)CSC(S)=N1. The van der Waals surface area contributed by atoms with Gasteiger partial charge in [-0.05, 0) is 0 Å². The fraction of sp³-hybridized carbons (Fsp3) is 0.500. The number of hydrogen-bond donors (Lipinski definition) is 1. The Kier molecular flexibility index (Phi) is 1.55. The molecule has 46 valence electrons. The van der Waals surface area contributed by atoms with Gasteiger partial charge in [-0.25, -0.2) is 8.42 Å². The summed E-state index contributed by atoms with van der Waals surface area (Å²) in [5, 5.41) is 0.0475. The number of thioether (sulfide) groups is 1. The van der Waals surface area contributed by atoms with Gasteiger partial charge in [0.15, 0.2) is 0 Å². The number of sulfonamides is 1. The molecule has 0 saturated carbocycles. The minimum absolute atomic E-state index is 0.0475. The highest BCUT2D eigenvalue weighted by Gasteiger charge is 2.17. The lowest BCUT2D eigenvalue weighted by Crippen LogP contribution is -1.89. The Balaban J connectivity index is 3.00. The molecular formula is C2H3NO2S3. The van der Waals surface area contributed by atoms with Crippen molar-refractivity contribution in [3.8, 4) is 0 Å². The van der Waals surface area contributed by atoms with Gasteiger partial charge in [0.25, 0.3) is 10.0 Å². The van der Waals surface area contributed by atoms with Crippen molar-refractivity contribution >= 4 is 38.8 Å². The predicted octanol–water partition coefficient (Wildman–Crippen LogP) is 0.306. The molecule has 0 atom stereocenters. The van der Waals surface area contributed by atoms with Crippen molar-refractivity contribution in [3.05, 3.63) is 0 Å². The molecule has 3 nitrogen and oxygen atoms in total. The summed E-state index contributed by atoms with van der Waals surface area (Å²) in [5.41, 5.74) is 0. The van der Waals surface area contributed by atoms with Gasteiger partial charge in [-0.3, -0.25) is 0 Å². The van der Waals surface area contributed by atoms with Crippen molar-refractivity contribution < 1.29 is 8.42 Å². The maximum Gasteiger partial charge on any atom is 0.264 e. The first kappa shape index (κ1) is 6.44. The third kappa shape index (κ3) is 1.40. The van der Waals surface area contributed by atoms with Crippen LogP contribution in [0.3, 0.4) is 0 Å². The van der Waals surface area contributed by atoms with E-state index < -0.39 is 10.0 Å². The van der Waals surface area contributed by atoms with E-state index in [1.54, 1.807) is 0 Å². The third-order valence-electron chi connectivity index (χ3n) is 0.554. The molecule has 0 amide bonds. The number of thiol groups is 1. The van der Waals surface area contributed by atoms with Gasteiger partial charge in [0.2, 0.25) is 0 Å². The molecule has 8 heavy (non-hydrogen) atoms. The molecule has 0 N–H and O–H groups in total. The standard InChI is InChI=1S/C2H3NO2S3/c4-8(5)1-7-2(6)3-8/h1H2,(H,3,6). The molecule has 0 spiro atoms. The van der Waals surface area contributed by atoms with Gasteiger partial charge in [-0.15, -0.1) is 17.0 Å². The molecule has 0 aliphatic carbocycles. The van der Waals surface area contributed by atoms with E-state index in [9.17, 15) is 8.42 Å². The van der Waals surface area contributed by atoms with E-state index in [0.717, 1.165) is 11.8 Å². The lowest BCUT2D eigenvalue weighted by atomic mass is 11.7. The van der Waals surface area contributed by atoms with Gasteiger partial charge in [0.05, 0.1) is 0 Å². The lowest BCUT2D eigenvalue weighted by molar-refractivity contribution is 0.603. The third-order valence-corrected chi connectivity index (χ3v) is 3.77.